The van der Waals surface area contributed by atoms with Crippen LogP contribution in [-0.4, -0.2) is 39.6 Å². The summed E-state index contributed by atoms with van der Waals surface area (Å²) in [6, 6.07) is 8.60. The Morgan fingerprint density at radius 1 is 1.36 bits per heavy atom. The number of rotatable bonds is 4. The molecule has 1 unspecified atom stereocenters. The molecule has 7 nitrogen and oxygen atoms in total. The van der Waals surface area contributed by atoms with Gasteiger partial charge in [0.05, 0.1) is 24.9 Å². The fraction of sp³-hybridized carbons (Fsp3) is 0.235. The Labute approximate surface area is 146 Å². The summed E-state index contributed by atoms with van der Waals surface area (Å²) in [4.78, 5) is 29.7. The molecule has 3 heterocycles. The number of fused-ring (bicyclic) bond motifs is 1. The van der Waals surface area contributed by atoms with Gasteiger partial charge in [-0.05, 0) is 12.1 Å². The lowest BCUT2D eigenvalue weighted by molar-refractivity contribution is -0.131. The van der Waals surface area contributed by atoms with Crippen molar-refractivity contribution in [3.05, 3.63) is 41.4 Å². The summed E-state index contributed by atoms with van der Waals surface area (Å²) in [5, 5.41) is 15.2. The van der Waals surface area contributed by atoms with Gasteiger partial charge in [-0.1, -0.05) is 18.2 Å². The molecule has 128 valence electrons. The van der Waals surface area contributed by atoms with Gasteiger partial charge in [-0.25, -0.2) is 9.78 Å². The van der Waals surface area contributed by atoms with E-state index in [9.17, 15) is 9.59 Å². The average molecular weight is 357 g/mol. The van der Waals surface area contributed by atoms with Crippen molar-refractivity contribution in [2.75, 3.05) is 6.61 Å². The summed E-state index contributed by atoms with van der Waals surface area (Å²) in [5.74, 6) is 0.341. The highest BCUT2D eigenvalue weighted by Gasteiger charge is 2.32. The Kier molecular flexibility index (Phi) is 3.98. The molecule has 2 aromatic heterocycles. The molecule has 1 aromatic carbocycles. The molecule has 0 aliphatic carbocycles. The fourth-order valence-electron chi connectivity index (χ4n) is 2.75. The molecule has 1 atom stereocenters. The van der Waals surface area contributed by atoms with Crippen molar-refractivity contribution in [1.29, 1.82) is 0 Å². The maximum absolute atomic E-state index is 12.1. The first-order valence-electron chi connectivity index (χ1n) is 7.79. The number of nitrogens with zero attached hydrogens (tertiary/aromatic N) is 2. The number of thiazole rings is 1. The van der Waals surface area contributed by atoms with E-state index < -0.39 is 12.1 Å². The molecular weight excluding hydrogens is 342 g/mol. The average Bonchev–Trinajstić information content (AvgIpc) is 3.24. The molecule has 3 amide bonds. The minimum Gasteiger partial charge on any atom is -0.454 e. The van der Waals surface area contributed by atoms with Crippen molar-refractivity contribution in [3.63, 3.8) is 0 Å². The zero-order valence-electron chi connectivity index (χ0n) is 13.1. The second-order valence-electron chi connectivity index (χ2n) is 5.81. The number of nitrogens with one attached hydrogen (secondary N) is 1. The van der Waals surface area contributed by atoms with Gasteiger partial charge in [0, 0.05) is 17.2 Å². The fourth-order valence-corrected chi connectivity index (χ4v) is 3.51. The van der Waals surface area contributed by atoms with Crippen LogP contribution in [0, 0.1) is 0 Å². The third kappa shape index (κ3) is 3.01. The number of benzene rings is 1. The number of urea groups is 1. The largest absolute Gasteiger partial charge is 0.454 e. The lowest BCUT2D eigenvalue weighted by Crippen LogP contribution is -2.55. The topological polar surface area (TPSA) is 95.7 Å². The molecule has 1 aliphatic heterocycles. The molecule has 0 bridgehead atoms. The highest BCUT2D eigenvalue weighted by atomic mass is 32.1. The van der Waals surface area contributed by atoms with Gasteiger partial charge >= 0.3 is 6.03 Å². The first-order valence-corrected chi connectivity index (χ1v) is 8.67. The van der Waals surface area contributed by atoms with Crippen molar-refractivity contribution >= 4 is 34.2 Å². The smallest absolute Gasteiger partial charge is 0.324 e. The van der Waals surface area contributed by atoms with Gasteiger partial charge in [0.25, 0.3) is 0 Å². The third-order valence-corrected chi connectivity index (χ3v) is 4.93. The van der Waals surface area contributed by atoms with Crippen LogP contribution < -0.4 is 5.32 Å². The van der Waals surface area contributed by atoms with Gasteiger partial charge in [0.2, 0.25) is 5.91 Å². The summed E-state index contributed by atoms with van der Waals surface area (Å²) < 4.78 is 5.79. The number of imide groups is 1. The van der Waals surface area contributed by atoms with E-state index in [2.05, 4.69) is 10.3 Å². The van der Waals surface area contributed by atoms with Crippen LogP contribution >= 0.6 is 11.3 Å². The van der Waals surface area contributed by atoms with E-state index >= 15 is 0 Å². The Bertz CT molecular complexity index is 897. The summed E-state index contributed by atoms with van der Waals surface area (Å²) in [6.45, 7) is -0.155. The highest BCUT2D eigenvalue weighted by Crippen LogP contribution is 2.30. The van der Waals surface area contributed by atoms with E-state index in [1.54, 1.807) is 5.38 Å². The molecule has 1 fully saturated rings. The standard InChI is InChI=1S/C17H15N3O4S/c21-8-11-6-15(22)20(17(23)19-11)7-12-9-25-16(18-12)14-5-10-3-1-2-4-13(10)24-14/h1-5,9,11,21H,6-8H2,(H,19,23). The van der Waals surface area contributed by atoms with Crippen molar-refractivity contribution in [2.45, 2.75) is 19.0 Å². The monoisotopic (exact) mass is 357 g/mol. The lowest BCUT2D eigenvalue weighted by Gasteiger charge is -2.29. The van der Waals surface area contributed by atoms with E-state index in [4.69, 9.17) is 9.52 Å². The number of aliphatic hydroxyl groups is 1. The van der Waals surface area contributed by atoms with Crippen molar-refractivity contribution < 1.29 is 19.1 Å². The number of hydrogen-bond donors (Lipinski definition) is 2. The van der Waals surface area contributed by atoms with E-state index in [0.717, 1.165) is 15.9 Å². The number of carbonyl (C=O) groups excluding carboxylic acids is 2. The minimum absolute atomic E-state index is 0.0861. The van der Waals surface area contributed by atoms with E-state index in [0.29, 0.717) is 16.5 Å². The summed E-state index contributed by atoms with van der Waals surface area (Å²) in [7, 11) is 0. The Balaban J connectivity index is 1.53. The van der Waals surface area contributed by atoms with Crippen LogP contribution in [0.3, 0.4) is 0 Å². The molecule has 3 aromatic rings. The highest BCUT2D eigenvalue weighted by molar-refractivity contribution is 7.13. The van der Waals surface area contributed by atoms with E-state index in [-0.39, 0.29) is 25.5 Å². The Hall–Kier alpha value is -2.71. The van der Waals surface area contributed by atoms with Gasteiger partial charge < -0.3 is 14.8 Å². The number of carbonyl (C=O) groups is 2. The number of furan rings is 1. The van der Waals surface area contributed by atoms with Crippen LogP contribution in [0.2, 0.25) is 0 Å². The molecule has 1 saturated heterocycles. The number of aromatic nitrogens is 1. The predicted octanol–water partition coefficient (Wildman–Crippen LogP) is 2.36. The maximum atomic E-state index is 12.1. The normalized spacial score (nSPS) is 18.0. The van der Waals surface area contributed by atoms with Crippen LogP contribution in [0.25, 0.3) is 21.7 Å². The van der Waals surface area contributed by atoms with Gasteiger partial charge in [0.15, 0.2) is 10.8 Å². The number of amides is 3. The van der Waals surface area contributed by atoms with Crippen LogP contribution in [0.1, 0.15) is 12.1 Å². The number of para-hydroxylation sites is 1. The van der Waals surface area contributed by atoms with Crippen LogP contribution in [0.4, 0.5) is 4.79 Å². The molecular formula is C17H15N3O4S. The molecule has 0 saturated carbocycles. The van der Waals surface area contributed by atoms with Gasteiger partial charge in [0.1, 0.15) is 5.58 Å². The van der Waals surface area contributed by atoms with E-state index in [1.807, 2.05) is 30.3 Å². The zero-order chi connectivity index (χ0) is 17.4. The Morgan fingerprint density at radius 2 is 2.20 bits per heavy atom. The zero-order valence-corrected chi connectivity index (χ0v) is 14.0. The lowest BCUT2D eigenvalue weighted by atomic mass is 10.1. The van der Waals surface area contributed by atoms with E-state index in [1.165, 1.54) is 11.3 Å². The molecule has 25 heavy (non-hydrogen) atoms. The van der Waals surface area contributed by atoms with Crippen molar-refractivity contribution in [2.24, 2.45) is 0 Å². The Morgan fingerprint density at radius 3 is 2.96 bits per heavy atom. The van der Waals surface area contributed by atoms with Crippen LogP contribution in [0.15, 0.2) is 40.1 Å². The summed E-state index contributed by atoms with van der Waals surface area (Å²) in [6.07, 6.45) is 0.0861. The molecule has 4 rings (SSSR count). The van der Waals surface area contributed by atoms with Gasteiger partial charge in [-0.15, -0.1) is 11.3 Å². The van der Waals surface area contributed by atoms with Crippen molar-refractivity contribution in [3.8, 4) is 10.8 Å². The van der Waals surface area contributed by atoms with Gasteiger partial charge in [-0.2, -0.15) is 0 Å². The SMILES string of the molecule is O=C1CC(CO)NC(=O)N1Cc1csc(-c2cc3ccccc3o2)n1. The van der Waals surface area contributed by atoms with Crippen LogP contribution in [0.5, 0.6) is 0 Å². The first-order chi connectivity index (χ1) is 12.1. The quantitative estimate of drug-likeness (QED) is 0.747. The molecule has 0 radical (unpaired) electrons. The number of aliphatic hydroxyl groups excluding tert-OH is 1. The first kappa shape index (κ1) is 15.8. The van der Waals surface area contributed by atoms with Gasteiger partial charge in [-0.3, -0.25) is 9.69 Å². The van der Waals surface area contributed by atoms with Crippen molar-refractivity contribution in [1.82, 2.24) is 15.2 Å². The summed E-state index contributed by atoms with van der Waals surface area (Å²) in [5.41, 5.74) is 1.40. The predicted molar refractivity (Wildman–Crippen MR) is 91.9 cm³/mol. The second kappa shape index (κ2) is 6.30. The minimum atomic E-state index is -0.516. The molecule has 1 aliphatic rings. The van der Waals surface area contributed by atoms with Crippen LogP contribution in [-0.2, 0) is 11.3 Å². The summed E-state index contributed by atoms with van der Waals surface area (Å²) >= 11 is 1.40. The maximum Gasteiger partial charge on any atom is 0.324 e. The molecule has 0 spiro atoms. The number of hydrogen-bond acceptors (Lipinski definition) is 6. The second-order valence-corrected chi connectivity index (χ2v) is 6.66. The molecule has 8 heteroatoms. The molecule has 2 N–H and O–H groups in total. The third-order valence-electron chi connectivity index (χ3n) is 4.02.